The normalized spacial score (nSPS) is 10.8. The van der Waals surface area contributed by atoms with Crippen LogP contribution in [0.25, 0.3) is 28.5 Å². The van der Waals surface area contributed by atoms with Crippen molar-refractivity contribution in [3.05, 3.63) is 87.8 Å². The largest absolute Gasteiger partial charge is 0.213 e. The van der Waals surface area contributed by atoms with Crippen LogP contribution in [0, 0.1) is 0 Å². The van der Waals surface area contributed by atoms with Crippen LogP contribution in [-0.4, -0.2) is 14.8 Å². The maximum atomic E-state index is 4.81. The van der Waals surface area contributed by atoms with Crippen LogP contribution in [0.1, 0.15) is 0 Å². The molecule has 0 amide bonds. The van der Waals surface area contributed by atoms with Crippen molar-refractivity contribution in [3.63, 3.8) is 0 Å². The van der Waals surface area contributed by atoms with E-state index >= 15 is 0 Å². The topological polar surface area (TPSA) is 30.7 Å². The standard InChI is InChI=1S/C20H13Br2N3/c21-16-11-9-14(10-12-16)19-23-20(15-5-4-6-17(22)13-15)25(24-19)18-7-2-1-3-8-18/h1-13H. The SMILES string of the molecule is Brc1ccc(-c2nc(-c3cccc(Br)c3)n(-c3ccccc3)n2)cc1. The van der Waals surface area contributed by atoms with Crippen molar-refractivity contribution in [3.8, 4) is 28.5 Å². The Morgan fingerprint density at radius 1 is 0.680 bits per heavy atom. The summed E-state index contributed by atoms with van der Waals surface area (Å²) < 4.78 is 3.93. The van der Waals surface area contributed by atoms with Crippen LogP contribution in [-0.2, 0) is 0 Å². The number of para-hydroxylation sites is 1. The third-order valence-electron chi connectivity index (χ3n) is 3.79. The van der Waals surface area contributed by atoms with Gasteiger partial charge in [0.25, 0.3) is 0 Å². The second-order valence-corrected chi connectivity index (χ2v) is 7.35. The molecule has 4 rings (SSSR count). The maximum absolute atomic E-state index is 4.81. The van der Waals surface area contributed by atoms with Crippen LogP contribution in [0.15, 0.2) is 87.8 Å². The average Bonchev–Trinajstić information content (AvgIpc) is 3.08. The Morgan fingerprint density at radius 3 is 2.16 bits per heavy atom. The van der Waals surface area contributed by atoms with Crippen molar-refractivity contribution in [2.24, 2.45) is 0 Å². The molecule has 0 spiro atoms. The van der Waals surface area contributed by atoms with Gasteiger partial charge in [-0.1, -0.05) is 74.3 Å². The number of rotatable bonds is 3. The van der Waals surface area contributed by atoms with Gasteiger partial charge >= 0.3 is 0 Å². The van der Waals surface area contributed by atoms with Gasteiger partial charge in [-0.2, -0.15) is 0 Å². The highest BCUT2D eigenvalue weighted by Gasteiger charge is 2.15. The van der Waals surface area contributed by atoms with Gasteiger partial charge in [-0.3, -0.25) is 0 Å². The van der Waals surface area contributed by atoms with Crippen molar-refractivity contribution in [2.75, 3.05) is 0 Å². The van der Waals surface area contributed by atoms with Crippen molar-refractivity contribution in [1.29, 1.82) is 0 Å². The van der Waals surface area contributed by atoms with E-state index < -0.39 is 0 Å². The highest BCUT2D eigenvalue weighted by Crippen LogP contribution is 2.27. The lowest BCUT2D eigenvalue weighted by Gasteiger charge is -2.05. The first-order chi connectivity index (χ1) is 12.2. The number of benzene rings is 3. The first-order valence-corrected chi connectivity index (χ1v) is 9.34. The summed E-state index contributed by atoms with van der Waals surface area (Å²) in [4.78, 5) is 4.81. The van der Waals surface area contributed by atoms with Crippen LogP contribution < -0.4 is 0 Å². The van der Waals surface area contributed by atoms with Gasteiger partial charge < -0.3 is 0 Å². The van der Waals surface area contributed by atoms with Crippen LogP contribution in [0.2, 0.25) is 0 Å². The fourth-order valence-corrected chi connectivity index (χ4v) is 3.26. The van der Waals surface area contributed by atoms with Gasteiger partial charge in [0, 0.05) is 20.1 Å². The van der Waals surface area contributed by atoms with Crippen LogP contribution in [0.5, 0.6) is 0 Å². The van der Waals surface area contributed by atoms with Gasteiger partial charge in [0.1, 0.15) is 0 Å². The minimum Gasteiger partial charge on any atom is -0.213 e. The molecule has 4 aromatic rings. The fraction of sp³-hybridized carbons (Fsp3) is 0. The molecule has 3 aromatic carbocycles. The Morgan fingerprint density at radius 2 is 1.44 bits per heavy atom. The van der Waals surface area contributed by atoms with Gasteiger partial charge in [-0.15, -0.1) is 5.10 Å². The zero-order valence-corrected chi connectivity index (χ0v) is 16.3. The highest BCUT2D eigenvalue weighted by atomic mass is 79.9. The summed E-state index contributed by atoms with van der Waals surface area (Å²) >= 11 is 7.01. The molecule has 0 N–H and O–H groups in total. The van der Waals surface area contributed by atoms with Crippen molar-refractivity contribution >= 4 is 31.9 Å². The smallest absolute Gasteiger partial charge is 0.182 e. The monoisotopic (exact) mass is 453 g/mol. The molecule has 0 unspecified atom stereocenters. The van der Waals surface area contributed by atoms with Crippen molar-refractivity contribution in [1.82, 2.24) is 14.8 Å². The number of aromatic nitrogens is 3. The molecular formula is C20H13Br2N3. The molecule has 5 heteroatoms. The van der Waals surface area contributed by atoms with Crippen molar-refractivity contribution in [2.45, 2.75) is 0 Å². The number of hydrogen-bond donors (Lipinski definition) is 0. The van der Waals surface area contributed by atoms with Gasteiger partial charge in [-0.05, 0) is 36.4 Å². The Labute approximate surface area is 162 Å². The average molecular weight is 455 g/mol. The van der Waals surface area contributed by atoms with Crippen LogP contribution >= 0.6 is 31.9 Å². The summed E-state index contributed by atoms with van der Waals surface area (Å²) in [5.74, 6) is 1.51. The first kappa shape index (κ1) is 16.2. The lowest BCUT2D eigenvalue weighted by Crippen LogP contribution is -1.99. The molecule has 0 saturated heterocycles. The predicted octanol–water partition coefficient (Wildman–Crippen LogP) is 6.13. The molecule has 0 saturated carbocycles. The molecular weight excluding hydrogens is 442 g/mol. The van der Waals surface area contributed by atoms with Gasteiger partial charge in [0.05, 0.1) is 5.69 Å². The lowest BCUT2D eigenvalue weighted by atomic mass is 10.2. The summed E-state index contributed by atoms with van der Waals surface area (Å²) in [5, 5.41) is 4.76. The lowest BCUT2D eigenvalue weighted by molar-refractivity contribution is 0.890. The molecule has 0 atom stereocenters. The number of halogens is 2. The summed E-state index contributed by atoms with van der Waals surface area (Å²) in [6, 6.07) is 26.2. The van der Waals surface area contributed by atoms with E-state index in [-0.39, 0.29) is 0 Å². The molecule has 0 aliphatic carbocycles. The van der Waals surface area contributed by atoms with E-state index in [1.807, 2.05) is 77.5 Å². The third kappa shape index (κ3) is 3.43. The molecule has 0 aliphatic rings. The second-order valence-electron chi connectivity index (χ2n) is 5.52. The van der Waals surface area contributed by atoms with E-state index in [1.165, 1.54) is 0 Å². The number of hydrogen-bond acceptors (Lipinski definition) is 2. The van der Waals surface area contributed by atoms with Gasteiger partial charge in [-0.25, -0.2) is 9.67 Å². The second kappa shape index (κ2) is 6.94. The van der Waals surface area contributed by atoms with E-state index in [0.717, 1.165) is 31.6 Å². The minimum atomic E-state index is 0.700. The minimum absolute atomic E-state index is 0.700. The summed E-state index contributed by atoms with van der Waals surface area (Å²) in [5.41, 5.74) is 2.97. The Kier molecular flexibility index (Phi) is 4.51. The Hall–Kier alpha value is -2.24. The highest BCUT2D eigenvalue weighted by molar-refractivity contribution is 9.10. The summed E-state index contributed by atoms with van der Waals surface area (Å²) in [7, 11) is 0. The third-order valence-corrected chi connectivity index (χ3v) is 4.82. The maximum Gasteiger partial charge on any atom is 0.182 e. The van der Waals surface area contributed by atoms with E-state index in [2.05, 4.69) is 37.9 Å². The Balaban J connectivity index is 1.90. The van der Waals surface area contributed by atoms with Crippen LogP contribution in [0.3, 0.4) is 0 Å². The van der Waals surface area contributed by atoms with E-state index in [9.17, 15) is 0 Å². The quantitative estimate of drug-likeness (QED) is 0.373. The van der Waals surface area contributed by atoms with Crippen LogP contribution in [0.4, 0.5) is 0 Å². The molecule has 3 nitrogen and oxygen atoms in total. The van der Waals surface area contributed by atoms with Gasteiger partial charge in [0.2, 0.25) is 0 Å². The van der Waals surface area contributed by atoms with Crippen molar-refractivity contribution < 1.29 is 0 Å². The molecule has 1 heterocycles. The van der Waals surface area contributed by atoms with E-state index in [1.54, 1.807) is 0 Å². The first-order valence-electron chi connectivity index (χ1n) is 7.75. The molecule has 0 radical (unpaired) electrons. The molecule has 0 fully saturated rings. The molecule has 1 aromatic heterocycles. The zero-order valence-electron chi connectivity index (χ0n) is 13.1. The molecule has 0 bridgehead atoms. The Bertz CT molecular complexity index is 1010. The van der Waals surface area contributed by atoms with Gasteiger partial charge in [0.15, 0.2) is 11.6 Å². The summed E-state index contributed by atoms with van der Waals surface area (Å²) in [6.45, 7) is 0. The van der Waals surface area contributed by atoms with E-state index in [4.69, 9.17) is 10.1 Å². The zero-order chi connectivity index (χ0) is 17.2. The predicted molar refractivity (Wildman–Crippen MR) is 108 cm³/mol. The summed E-state index contributed by atoms with van der Waals surface area (Å²) in [6.07, 6.45) is 0. The fourth-order valence-electron chi connectivity index (χ4n) is 2.60. The van der Waals surface area contributed by atoms with E-state index in [0.29, 0.717) is 5.82 Å². The molecule has 122 valence electrons. The molecule has 25 heavy (non-hydrogen) atoms. The molecule has 0 aliphatic heterocycles. The number of nitrogens with zero attached hydrogens (tertiary/aromatic N) is 3.